The minimum Gasteiger partial charge on any atom is -0.481 e. The first-order chi connectivity index (χ1) is 9.49. The van der Waals surface area contributed by atoms with Gasteiger partial charge in [0.15, 0.2) is 5.16 Å². The number of benzene rings is 1. The third kappa shape index (κ3) is 2.88. The Bertz CT molecular complexity index is 653. The predicted octanol–water partition coefficient (Wildman–Crippen LogP) is 0.125. The summed E-state index contributed by atoms with van der Waals surface area (Å²) in [7, 11) is 0. The number of primary amides is 1. The monoisotopic (exact) mass is 293 g/mol. The Kier molecular flexibility index (Phi) is 3.89. The molecule has 104 valence electrons. The number of thioether (sulfide) groups is 1. The maximum atomic E-state index is 11.0. The molecule has 9 heteroatoms. The highest BCUT2D eigenvalue weighted by Gasteiger charge is 2.13. The highest BCUT2D eigenvalue weighted by Crippen LogP contribution is 2.23. The van der Waals surface area contributed by atoms with E-state index >= 15 is 0 Å². The third-order valence-corrected chi connectivity index (χ3v) is 3.31. The molecule has 0 fully saturated rings. The normalized spacial score (nSPS) is 10.4. The van der Waals surface area contributed by atoms with Gasteiger partial charge in [0.2, 0.25) is 11.9 Å². The van der Waals surface area contributed by atoms with Crippen LogP contribution in [0.25, 0.3) is 5.69 Å². The Balaban J connectivity index is 2.33. The van der Waals surface area contributed by atoms with Crippen molar-refractivity contribution in [2.45, 2.75) is 5.16 Å². The maximum absolute atomic E-state index is 11.0. The van der Waals surface area contributed by atoms with Gasteiger partial charge < -0.3 is 16.6 Å². The molecule has 2 aromatic rings. The van der Waals surface area contributed by atoms with E-state index in [4.69, 9.17) is 16.6 Å². The fraction of sp³-hybridized carbons (Fsp3) is 0.0909. The number of aliphatic carboxylic acids is 1. The molecule has 0 atom stereocenters. The second-order valence-electron chi connectivity index (χ2n) is 3.77. The SMILES string of the molecule is NC(=O)c1ccc(-n2c(N)nnc2SCC(=O)O)cc1. The van der Waals surface area contributed by atoms with Crippen LogP contribution in [0.4, 0.5) is 5.95 Å². The number of hydrogen-bond acceptors (Lipinski definition) is 6. The fourth-order valence-corrected chi connectivity index (χ4v) is 2.20. The number of carbonyl (C=O) groups is 2. The Hall–Kier alpha value is -2.55. The first-order valence-electron chi connectivity index (χ1n) is 5.44. The fourth-order valence-electron chi connectivity index (χ4n) is 1.52. The number of carbonyl (C=O) groups excluding carboxylic acids is 1. The van der Waals surface area contributed by atoms with Gasteiger partial charge in [-0.1, -0.05) is 11.8 Å². The third-order valence-electron chi connectivity index (χ3n) is 2.39. The van der Waals surface area contributed by atoms with Gasteiger partial charge in [0.05, 0.1) is 11.4 Å². The van der Waals surface area contributed by atoms with E-state index in [-0.39, 0.29) is 11.7 Å². The van der Waals surface area contributed by atoms with Crippen molar-refractivity contribution in [1.82, 2.24) is 14.8 Å². The number of carboxylic acids is 1. The van der Waals surface area contributed by atoms with Crippen LogP contribution in [0.15, 0.2) is 29.4 Å². The molecule has 5 N–H and O–H groups in total. The molecule has 1 aromatic heterocycles. The average Bonchev–Trinajstić information content (AvgIpc) is 2.77. The minimum atomic E-state index is -0.966. The van der Waals surface area contributed by atoms with Gasteiger partial charge in [0.1, 0.15) is 0 Å². The number of amides is 1. The van der Waals surface area contributed by atoms with E-state index in [2.05, 4.69) is 10.2 Å². The lowest BCUT2D eigenvalue weighted by molar-refractivity contribution is -0.133. The summed E-state index contributed by atoms with van der Waals surface area (Å²) in [6.45, 7) is 0. The molecule has 0 radical (unpaired) electrons. The Morgan fingerprint density at radius 2 is 1.90 bits per heavy atom. The number of nitrogen functional groups attached to an aromatic ring is 1. The highest BCUT2D eigenvalue weighted by molar-refractivity contribution is 7.99. The van der Waals surface area contributed by atoms with Crippen LogP contribution in [0.3, 0.4) is 0 Å². The molecule has 0 aliphatic heterocycles. The zero-order valence-corrected chi connectivity index (χ0v) is 11.0. The Morgan fingerprint density at radius 3 is 2.45 bits per heavy atom. The van der Waals surface area contributed by atoms with Crippen molar-refractivity contribution in [3.05, 3.63) is 29.8 Å². The number of nitrogens with two attached hydrogens (primary N) is 2. The molecule has 0 unspecified atom stereocenters. The molecule has 1 amide bonds. The molecule has 0 bridgehead atoms. The smallest absolute Gasteiger partial charge is 0.313 e. The van der Waals surface area contributed by atoms with E-state index in [1.54, 1.807) is 24.3 Å². The molecule has 0 aliphatic carbocycles. The van der Waals surface area contributed by atoms with E-state index in [0.717, 1.165) is 11.8 Å². The molecule has 8 nitrogen and oxygen atoms in total. The lowest BCUT2D eigenvalue weighted by atomic mass is 10.2. The summed E-state index contributed by atoms with van der Waals surface area (Å²) < 4.78 is 1.50. The number of aromatic nitrogens is 3. The van der Waals surface area contributed by atoms with Gasteiger partial charge in [-0.3, -0.25) is 14.2 Å². The summed E-state index contributed by atoms with van der Waals surface area (Å²) in [6.07, 6.45) is 0. The molecule has 0 aliphatic rings. The first kappa shape index (κ1) is 13.9. The van der Waals surface area contributed by atoms with Crippen LogP contribution in [0.2, 0.25) is 0 Å². The van der Waals surface area contributed by atoms with Gasteiger partial charge in [0.25, 0.3) is 0 Å². The zero-order chi connectivity index (χ0) is 14.7. The van der Waals surface area contributed by atoms with Crippen LogP contribution >= 0.6 is 11.8 Å². The molecule has 0 saturated heterocycles. The summed E-state index contributed by atoms with van der Waals surface area (Å²) in [5.74, 6) is -1.53. The molecular weight excluding hydrogens is 282 g/mol. The lowest BCUT2D eigenvalue weighted by Gasteiger charge is -2.07. The molecular formula is C11H11N5O3S. The van der Waals surface area contributed by atoms with Gasteiger partial charge in [-0.25, -0.2) is 0 Å². The van der Waals surface area contributed by atoms with E-state index < -0.39 is 11.9 Å². The maximum Gasteiger partial charge on any atom is 0.313 e. The molecule has 20 heavy (non-hydrogen) atoms. The van der Waals surface area contributed by atoms with Gasteiger partial charge in [-0.15, -0.1) is 10.2 Å². The van der Waals surface area contributed by atoms with E-state index in [0.29, 0.717) is 16.4 Å². The zero-order valence-electron chi connectivity index (χ0n) is 10.2. The van der Waals surface area contributed by atoms with Crippen molar-refractivity contribution < 1.29 is 14.7 Å². The molecule has 1 aromatic carbocycles. The second kappa shape index (κ2) is 5.61. The van der Waals surface area contributed by atoms with Gasteiger partial charge in [-0.05, 0) is 24.3 Å². The molecule has 2 rings (SSSR count). The van der Waals surface area contributed by atoms with Crippen LogP contribution in [0.1, 0.15) is 10.4 Å². The molecule has 0 saturated carbocycles. The van der Waals surface area contributed by atoms with Crippen LogP contribution in [-0.4, -0.2) is 37.5 Å². The van der Waals surface area contributed by atoms with E-state index in [1.807, 2.05) is 0 Å². The van der Waals surface area contributed by atoms with Gasteiger partial charge >= 0.3 is 5.97 Å². The molecule has 0 spiro atoms. The number of rotatable bonds is 5. The van der Waals surface area contributed by atoms with Crippen molar-refractivity contribution >= 4 is 29.6 Å². The van der Waals surface area contributed by atoms with Crippen LogP contribution in [0.5, 0.6) is 0 Å². The predicted molar refractivity (Wildman–Crippen MR) is 72.6 cm³/mol. The van der Waals surface area contributed by atoms with Crippen molar-refractivity contribution in [2.24, 2.45) is 5.73 Å². The summed E-state index contributed by atoms with van der Waals surface area (Å²) in [4.78, 5) is 21.6. The number of hydrogen-bond donors (Lipinski definition) is 3. The summed E-state index contributed by atoms with van der Waals surface area (Å²) in [6, 6.07) is 6.35. The largest absolute Gasteiger partial charge is 0.481 e. The average molecular weight is 293 g/mol. The van der Waals surface area contributed by atoms with Gasteiger partial charge in [-0.2, -0.15) is 0 Å². The standard InChI is InChI=1S/C11H11N5O3S/c12-9(19)6-1-3-7(4-2-6)16-10(13)14-15-11(16)20-5-8(17)18/h1-4H,5H2,(H2,12,19)(H2,13,14)(H,17,18). The topological polar surface area (TPSA) is 137 Å². The van der Waals surface area contributed by atoms with Crippen molar-refractivity contribution in [1.29, 1.82) is 0 Å². The van der Waals surface area contributed by atoms with Crippen molar-refractivity contribution in [2.75, 3.05) is 11.5 Å². The van der Waals surface area contributed by atoms with Crippen molar-refractivity contribution in [3.63, 3.8) is 0 Å². The summed E-state index contributed by atoms with van der Waals surface area (Å²) in [5, 5.41) is 16.6. The second-order valence-corrected chi connectivity index (χ2v) is 4.71. The quantitative estimate of drug-likeness (QED) is 0.666. The molecule has 1 heterocycles. The van der Waals surface area contributed by atoms with Gasteiger partial charge in [0, 0.05) is 5.56 Å². The summed E-state index contributed by atoms with van der Waals surface area (Å²) >= 11 is 0.999. The lowest BCUT2D eigenvalue weighted by Crippen LogP contribution is -2.11. The van der Waals surface area contributed by atoms with Crippen LogP contribution in [-0.2, 0) is 4.79 Å². The van der Waals surface area contributed by atoms with Crippen LogP contribution in [0, 0.1) is 0 Å². The highest BCUT2D eigenvalue weighted by atomic mass is 32.2. The number of nitrogens with zero attached hydrogens (tertiary/aromatic N) is 3. The summed E-state index contributed by atoms with van der Waals surface area (Å²) in [5.41, 5.74) is 11.9. The van der Waals surface area contributed by atoms with Crippen LogP contribution < -0.4 is 11.5 Å². The number of anilines is 1. The Labute approximate surface area is 117 Å². The number of carboxylic acid groups (broad SMARTS) is 1. The van der Waals surface area contributed by atoms with E-state index in [1.165, 1.54) is 4.57 Å². The minimum absolute atomic E-state index is 0.129. The Morgan fingerprint density at radius 1 is 1.25 bits per heavy atom. The van der Waals surface area contributed by atoms with Crippen molar-refractivity contribution in [3.8, 4) is 5.69 Å². The van der Waals surface area contributed by atoms with E-state index in [9.17, 15) is 9.59 Å². The first-order valence-corrected chi connectivity index (χ1v) is 6.43.